The van der Waals surface area contributed by atoms with Gasteiger partial charge in [-0.1, -0.05) is 18.2 Å². The molecule has 2 heterocycles. The predicted molar refractivity (Wildman–Crippen MR) is 114 cm³/mol. The Labute approximate surface area is 158 Å². The Morgan fingerprint density at radius 2 is 1.89 bits per heavy atom. The minimum Gasteiger partial charge on any atom is -0.370 e. The van der Waals surface area contributed by atoms with Crippen LogP contribution in [0.3, 0.4) is 0 Å². The number of aliphatic imine (C=N–C) groups is 1. The van der Waals surface area contributed by atoms with Gasteiger partial charge in [-0.25, -0.2) is 9.98 Å². The van der Waals surface area contributed by atoms with Gasteiger partial charge in [-0.15, -0.1) is 0 Å². The van der Waals surface area contributed by atoms with Gasteiger partial charge in [0.05, 0.1) is 16.7 Å². The number of para-hydroxylation sites is 1. The lowest BCUT2D eigenvalue weighted by atomic mass is 10.0. The summed E-state index contributed by atoms with van der Waals surface area (Å²) in [7, 11) is 4.16. The normalized spacial score (nSPS) is 11.7. The molecule has 0 bridgehead atoms. The number of hydrogen-bond donors (Lipinski definition) is 2. The first-order chi connectivity index (χ1) is 13.0. The number of fused-ring (bicyclic) bond motifs is 4. The van der Waals surface area contributed by atoms with Crippen molar-refractivity contribution < 1.29 is 0 Å². The van der Waals surface area contributed by atoms with Crippen molar-refractivity contribution in [2.24, 2.45) is 16.5 Å². The highest BCUT2D eigenvalue weighted by Gasteiger charge is 2.16. The first-order valence-electron chi connectivity index (χ1n) is 9.01. The summed E-state index contributed by atoms with van der Waals surface area (Å²) in [5.74, 6) is 0.0611. The van der Waals surface area contributed by atoms with Crippen LogP contribution in [0, 0.1) is 6.92 Å². The van der Waals surface area contributed by atoms with E-state index in [1.54, 1.807) is 0 Å². The van der Waals surface area contributed by atoms with Gasteiger partial charge in [0.1, 0.15) is 5.65 Å². The largest absolute Gasteiger partial charge is 0.370 e. The number of benzene rings is 2. The second kappa shape index (κ2) is 6.55. The lowest BCUT2D eigenvalue weighted by molar-refractivity contribution is 0.389. The molecule has 138 valence electrons. The van der Waals surface area contributed by atoms with Crippen molar-refractivity contribution in [3.63, 3.8) is 0 Å². The molecular formula is C21H24N6. The average Bonchev–Trinajstić information content (AvgIpc) is 2.92. The summed E-state index contributed by atoms with van der Waals surface area (Å²) in [6, 6.07) is 14.4. The van der Waals surface area contributed by atoms with Crippen molar-refractivity contribution in [3.8, 4) is 0 Å². The standard InChI is InChI=1S/C21H24N6/c1-13-15-6-4-5-7-17(15)25-20-19(13)16-12-14(24-21(22)23)8-9-18(16)27(20)11-10-26(2)3/h4-9,12H,10-11H2,1-3H3,(H4,22,23,24). The molecule has 0 aliphatic carbocycles. The molecule has 0 unspecified atom stereocenters. The number of nitrogens with two attached hydrogens (primary N) is 2. The van der Waals surface area contributed by atoms with E-state index in [-0.39, 0.29) is 5.96 Å². The smallest absolute Gasteiger partial charge is 0.191 e. The molecule has 0 saturated heterocycles. The highest BCUT2D eigenvalue weighted by atomic mass is 15.1. The third-order valence-electron chi connectivity index (χ3n) is 4.96. The van der Waals surface area contributed by atoms with Crippen LogP contribution in [0.25, 0.3) is 32.8 Å². The van der Waals surface area contributed by atoms with Crippen molar-refractivity contribution in [2.45, 2.75) is 13.5 Å². The minimum atomic E-state index is 0.0611. The molecule has 0 amide bonds. The first-order valence-corrected chi connectivity index (χ1v) is 9.01. The number of rotatable bonds is 4. The fraction of sp³-hybridized carbons (Fsp3) is 0.238. The lowest BCUT2D eigenvalue weighted by Gasteiger charge is -2.12. The summed E-state index contributed by atoms with van der Waals surface area (Å²) in [5.41, 5.74) is 16.3. The van der Waals surface area contributed by atoms with Crippen molar-refractivity contribution in [1.82, 2.24) is 14.5 Å². The summed E-state index contributed by atoms with van der Waals surface area (Å²) in [6.45, 7) is 3.96. The molecule has 4 aromatic rings. The fourth-order valence-electron chi connectivity index (χ4n) is 3.70. The molecule has 6 nitrogen and oxygen atoms in total. The van der Waals surface area contributed by atoms with Crippen molar-refractivity contribution in [1.29, 1.82) is 0 Å². The van der Waals surface area contributed by atoms with E-state index in [2.05, 4.69) is 59.7 Å². The van der Waals surface area contributed by atoms with Crippen LogP contribution in [0.15, 0.2) is 47.5 Å². The zero-order valence-electron chi connectivity index (χ0n) is 15.9. The maximum atomic E-state index is 5.58. The Balaban J connectivity index is 2.10. The van der Waals surface area contributed by atoms with Gasteiger partial charge in [0.2, 0.25) is 0 Å². The molecule has 0 fully saturated rings. The zero-order valence-corrected chi connectivity index (χ0v) is 15.9. The van der Waals surface area contributed by atoms with Crippen LogP contribution in [-0.2, 0) is 6.54 Å². The van der Waals surface area contributed by atoms with Crippen LogP contribution in [0.4, 0.5) is 5.69 Å². The summed E-state index contributed by atoms with van der Waals surface area (Å²) < 4.78 is 2.30. The van der Waals surface area contributed by atoms with Crippen LogP contribution in [0.1, 0.15) is 5.56 Å². The Kier molecular flexibility index (Phi) is 4.20. The molecule has 0 aliphatic heterocycles. The molecule has 0 radical (unpaired) electrons. The van der Waals surface area contributed by atoms with Gasteiger partial charge in [-0.2, -0.15) is 0 Å². The number of pyridine rings is 1. The molecule has 27 heavy (non-hydrogen) atoms. The molecule has 2 aromatic carbocycles. The van der Waals surface area contributed by atoms with Crippen LogP contribution in [0.2, 0.25) is 0 Å². The van der Waals surface area contributed by atoms with E-state index in [0.29, 0.717) is 0 Å². The van der Waals surface area contributed by atoms with E-state index in [0.717, 1.165) is 46.2 Å². The maximum Gasteiger partial charge on any atom is 0.191 e. The average molecular weight is 360 g/mol. The van der Waals surface area contributed by atoms with Gasteiger partial charge in [-0.3, -0.25) is 0 Å². The summed E-state index contributed by atoms with van der Waals surface area (Å²) in [5, 5.41) is 3.46. The van der Waals surface area contributed by atoms with Crippen molar-refractivity contribution in [2.75, 3.05) is 20.6 Å². The molecule has 4 rings (SSSR count). The van der Waals surface area contributed by atoms with Crippen molar-refractivity contribution >= 4 is 44.5 Å². The second-order valence-electron chi connectivity index (χ2n) is 7.15. The minimum absolute atomic E-state index is 0.0611. The fourth-order valence-corrected chi connectivity index (χ4v) is 3.70. The number of aryl methyl sites for hydroxylation is 1. The lowest BCUT2D eigenvalue weighted by Crippen LogP contribution is -2.21. The van der Waals surface area contributed by atoms with Gasteiger partial charge in [0.15, 0.2) is 5.96 Å². The van der Waals surface area contributed by atoms with Crippen LogP contribution in [0.5, 0.6) is 0 Å². The number of aromatic nitrogens is 2. The SMILES string of the molecule is Cc1c2ccccc2nc2c1c1cc(N=C(N)N)ccc1n2CCN(C)C. The third-order valence-corrected chi connectivity index (χ3v) is 4.96. The van der Waals surface area contributed by atoms with Crippen LogP contribution in [-0.4, -0.2) is 41.1 Å². The van der Waals surface area contributed by atoms with E-state index in [1.165, 1.54) is 10.9 Å². The monoisotopic (exact) mass is 360 g/mol. The Bertz CT molecular complexity index is 1180. The van der Waals surface area contributed by atoms with E-state index in [9.17, 15) is 0 Å². The summed E-state index contributed by atoms with van der Waals surface area (Å²) in [6.07, 6.45) is 0. The van der Waals surface area contributed by atoms with Gasteiger partial charge in [0, 0.05) is 29.2 Å². The zero-order chi connectivity index (χ0) is 19.1. The molecule has 6 heteroatoms. The highest BCUT2D eigenvalue weighted by Crippen LogP contribution is 2.35. The number of guanidine groups is 1. The Morgan fingerprint density at radius 1 is 1.11 bits per heavy atom. The van der Waals surface area contributed by atoms with Gasteiger partial charge >= 0.3 is 0 Å². The number of nitrogens with zero attached hydrogens (tertiary/aromatic N) is 4. The topological polar surface area (TPSA) is 85.5 Å². The van der Waals surface area contributed by atoms with E-state index < -0.39 is 0 Å². The van der Waals surface area contributed by atoms with E-state index in [1.807, 2.05) is 18.2 Å². The predicted octanol–water partition coefficient (Wildman–Crippen LogP) is 3.12. The van der Waals surface area contributed by atoms with Gasteiger partial charge in [0.25, 0.3) is 0 Å². The molecule has 0 spiro atoms. The second-order valence-corrected chi connectivity index (χ2v) is 7.15. The maximum absolute atomic E-state index is 5.58. The van der Waals surface area contributed by atoms with E-state index >= 15 is 0 Å². The van der Waals surface area contributed by atoms with Gasteiger partial charge in [-0.05, 0) is 50.8 Å². The Hall–Kier alpha value is -3.12. The number of hydrogen-bond acceptors (Lipinski definition) is 3. The number of likely N-dealkylation sites (N-methyl/N-ethyl adjacent to an activating group) is 1. The molecule has 0 saturated carbocycles. The molecule has 2 aromatic heterocycles. The van der Waals surface area contributed by atoms with Crippen LogP contribution >= 0.6 is 0 Å². The quantitative estimate of drug-likeness (QED) is 0.432. The van der Waals surface area contributed by atoms with Crippen LogP contribution < -0.4 is 11.5 Å². The van der Waals surface area contributed by atoms with E-state index in [4.69, 9.17) is 16.5 Å². The Morgan fingerprint density at radius 3 is 2.63 bits per heavy atom. The molecule has 0 atom stereocenters. The molecule has 0 aliphatic rings. The summed E-state index contributed by atoms with van der Waals surface area (Å²) >= 11 is 0. The third kappa shape index (κ3) is 2.98. The first kappa shape index (κ1) is 17.3. The highest BCUT2D eigenvalue weighted by molar-refractivity contribution is 6.13. The van der Waals surface area contributed by atoms with Crippen molar-refractivity contribution in [3.05, 3.63) is 48.0 Å². The summed E-state index contributed by atoms with van der Waals surface area (Å²) in [4.78, 5) is 11.4. The van der Waals surface area contributed by atoms with Gasteiger partial charge < -0.3 is 20.9 Å². The molecule has 4 N–H and O–H groups in total. The molecular weight excluding hydrogens is 336 g/mol.